The minimum atomic E-state index is -0.567. The van der Waals surface area contributed by atoms with Crippen molar-refractivity contribution in [2.24, 2.45) is 5.92 Å². The second kappa shape index (κ2) is 7.72. The molecule has 1 aromatic carbocycles. The molecule has 26 heavy (non-hydrogen) atoms. The number of non-ortho nitro benzene ring substituents is 1. The van der Waals surface area contributed by atoms with Gasteiger partial charge in [0.15, 0.2) is 5.58 Å². The summed E-state index contributed by atoms with van der Waals surface area (Å²) >= 11 is 0. The highest BCUT2D eigenvalue weighted by Crippen LogP contribution is 2.23. The van der Waals surface area contributed by atoms with Crippen LogP contribution >= 0.6 is 0 Å². The molecule has 0 atom stereocenters. The van der Waals surface area contributed by atoms with Gasteiger partial charge in [-0.15, -0.1) is 0 Å². The molecule has 8 nitrogen and oxygen atoms in total. The topological polar surface area (TPSA) is 107 Å². The van der Waals surface area contributed by atoms with Crippen molar-refractivity contribution >= 4 is 22.7 Å². The quantitative estimate of drug-likeness (QED) is 0.629. The molecule has 0 radical (unpaired) electrons. The maximum atomic E-state index is 12.1. The Hall–Kier alpha value is -2.64. The zero-order chi connectivity index (χ0) is 18.7. The van der Waals surface area contributed by atoms with Gasteiger partial charge in [0, 0.05) is 25.1 Å². The van der Waals surface area contributed by atoms with E-state index in [4.69, 9.17) is 4.42 Å². The molecule has 0 unspecified atom stereocenters. The molecular weight excluding hydrogens is 338 g/mol. The number of hydrogen-bond acceptors (Lipinski definition) is 5. The van der Waals surface area contributed by atoms with Gasteiger partial charge in [-0.25, -0.2) is 4.79 Å². The highest BCUT2D eigenvalue weighted by Gasteiger charge is 2.20. The van der Waals surface area contributed by atoms with E-state index < -0.39 is 10.7 Å². The molecule has 1 saturated carbocycles. The molecule has 1 N–H and O–H groups in total. The summed E-state index contributed by atoms with van der Waals surface area (Å²) in [4.78, 5) is 34.3. The summed E-state index contributed by atoms with van der Waals surface area (Å²) in [6.07, 6.45) is 5.18. The number of nitrogens with zero attached hydrogens (tertiary/aromatic N) is 2. The van der Waals surface area contributed by atoms with Gasteiger partial charge < -0.3 is 9.73 Å². The van der Waals surface area contributed by atoms with Gasteiger partial charge in [-0.05, 0) is 44.1 Å². The summed E-state index contributed by atoms with van der Waals surface area (Å²) in [5.41, 5.74) is 0.562. The first-order valence-corrected chi connectivity index (χ1v) is 9.01. The third-order valence-corrected chi connectivity index (χ3v) is 5.03. The molecule has 1 aliphatic carbocycles. The lowest BCUT2D eigenvalue weighted by molar-refractivity contribution is -0.384. The summed E-state index contributed by atoms with van der Waals surface area (Å²) in [7, 11) is 0. The number of benzene rings is 1. The average molecular weight is 361 g/mol. The van der Waals surface area contributed by atoms with Crippen LogP contribution in [0.2, 0.25) is 0 Å². The number of fused-ring (bicyclic) bond motifs is 1. The van der Waals surface area contributed by atoms with Gasteiger partial charge in [0.1, 0.15) is 0 Å². The van der Waals surface area contributed by atoms with Crippen LogP contribution in [0, 0.1) is 16.0 Å². The number of aryl methyl sites for hydroxylation is 1. The predicted molar refractivity (Wildman–Crippen MR) is 95.9 cm³/mol. The fourth-order valence-corrected chi connectivity index (χ4v) is 3.48. The second-order valence-corrected chi connectivity index (χ2v) is 7.06. The molecule has 8 heteroatoms. The lowest BCUT2D eigenvalue weighted by Crippen LogP contribution is -2.37. The van der Waals surface area contributed by atoms with E-state index in [-0.39, 0.29) is 23.2 Å². The van der Waals surface area contributed by atoms with E-state index in [9.17, 15) is 19.7 Å². The lowest BCUT2D eigenvalue weighted by atomic mass is 9.87. The monoisotopic (exact) mass is 361 g/mol. The first-order chi connectivity index (χ1) is 12.4. The molecule has 3 rings (SSSR count). The molecule has 0 spiro atoms. The van der Waals surface area contributed by atoms with Crippen LogP contribution in [-0.2, 0) is 11.3 Å². The van der Waals surface area contributed by atoms with Gasteiger partial charge >= 0.3 is 5.76 Å². The first-order valence-electron chi connectivity index (χ1n) is 9.01. The Morgan fingerprint density at radius 2 is 2.08 bits per heavy atom. The predicted octanol–water partition coefficient (Wildman–Crippen LogP) is 2.98. The Morgan fingerprint density at radius 1 is 1.35 bits per heavy atom. The molecule has 140 valence electrons. The molecule has 1 amide bonds. The lowest BCUT2D eigenvalue weighted by Gasteiger charge is -2.26. The van der Waals surface area contributed by atoms with Crippen LogP contribution in [-0.4, -0.2) is 21.4 Å². The molecule has 1 heterocycles. The van der Waals surface area contributed by atoms with Crippen LogP contribution in [0.15, 0.2) is 27.4 Å². The average Bonchev–Trinajstić information content (AvgIpc) is 2.91. The van der Waals surface area contributed by atoms with E-state index in [2.05, 4.69) is 12.2 Å². The maximum Gasteiger partial charge on any atom is 0.419 e. The number of nitro benzene ring substituents is 1. The fraction of sp³-hybridized carbons (Fsp3) is 0.556. The number of nitro groups is 1. The van der Waals surface area contributed by atoms with Crippen molar-refractivity contribution < 1.29 is 14.1 Å². The minimum absolute atomic E-state index is 0.000963. The summed E-state index contributed by atoms with van der Waals surface area (Å²) in [5.74, 6) is 0.170. The maximum absolute atomic E-state index is 12.1. The van der Waals surface area contributed by atoms with Gasteiger partial charge in [-0.1, -0.05) is 6.92 Å². The zero-order valence-corrected chi connectivity index (χ0v) is 14.8. The third-order valence-electron chi connectivity index (χ3n) is 5.03. The zero-order valence-electron chi connectivity index (χ0n) is 14.8. The second-order valence-electron chi connectivity index (χ2n) is 7.06. The van der Waals surface area contributed by atoms with Crippen molar-refractivity contribution in [1.29, 1.82) is 0 Å². The summed E-state index contributed by atoms with van der Waals surface area (Å²) < 4.78 is 6.49. The van der Waals surface area contributed by atoms with Crippen molar-refractivity contribution in [3.05, 3.63) is 38.9 Å². The van der Waals surface area contributed by atoms with Crippen molar-refractivity contribution in [3.8, 4) is 0 Å². The number of carbonyl (C=O) groups is 1. The van der Waals surface area contributed by atoms with Crippen LogP contribution in [0.3, 0.4) is 0 Å². The van der Waals surface area contributed by atoms with Crippen molar-refractivity contribution in [2.45, 2.75) is 58.0 Å². The van der Waals surface area contributed by atoms with Gasteiger partial charge in [-0.3, -0.25) is 19.5 Å². The van der Waals surface area contributed by atoms with Gasteiger partial charge in [0.05, 0.1) is 16.5 Å². The Kier molecular flexibility index (Phi) is 5.39. The van der Waals surface area contributed by atoms with E-state index in [1.807, 2.05) is 0 Å². The number of rotatable bonds is 6. The summed E-state index contributed by atoms with van der Waals surface area (Å²) in [6.45, 7) is 2.57. The number of carbonyl (C=O) groups excluding carboxylic acids is 1. The van der Waals surface area contributed by atoms with E-state index in [0.29, 0.717) is 24.9 Å². The number of nitrogens with one attached hydrogen (secondary N) is 1. The third kappa shape index (κ3) is 4.12. The van der Waals surface area contributed by atoms with Crippen LogP contribution in [0.25, 0.3) is 11.1 Å². The van der Waals surface area contributed by atoms with Gasteiger partial charge in [-0.2, -0.15) is 0 Å². The molecule has 1 fully saturated rings. The van der Waals surface area contributed by atoms with Crippen LogP contribution in [0.4, 0.5) is 5.69 Å². The number of oxazole rings is 1. The number of amides is 1. The summed E-state index contributed by atoms with van der Waals surface area (Å²) in [6, 6.07) is 4.34. The molecule has 1 aromatic heterocycles. The van der Waals surface area contributed by atoms with E-state index in [1.54, 1.807) is 0 Å². The van der Waals surface area contributed by atoms with Crippen molar-refractivity contribution in [3.63, 3.8) is 0 Å². The van der Waals surface area contributed by atoms with Crippen molar-refractivity contribution in [1.82, 2.24) is 9.88 Å². The first kappa shape index (κ1) is 18.2. The Bertz CT molecular complexity index is 861. The largest absolute Gasteiger partial charge is 0.419 e. The molecule has 2 aromatic rings. The van der Waals surface area contributed by atoms with Gasteiger partial charge in [0.2, 0.25) is 5.91 Å². The standard InChI is InChI=1S/C18H23N3O5/c1-12-4-6-13(7-5-12)19-17(22)3-2-10-20-15-9-8-14(21(24)25)11-16(15)26-18(20)23/h8-9,11-13H,2-7,10H2,1H3,(H,19,22). The number of hydrogen-bond donors (Lipinski definition) is 1. The van der Waals surface area contributed by atoms with Gasteiger partial charge in [0.25, 0.3) is 5.69 Å². The Balaban J connectivity index is 1.56. The molecule has 0 saturated heterocycles. The summed E-state index contributed by atoms with van der Waals surface area (Å²) in [5, 5.41) is 13.9. The molecular formula is C18H23N3O5. The molecule has 0 aliphatic heterocycles. The van der Waals surface area contributed by atoms with E-state index >= 15 is 0 Å². The Labute approximate surface area is 150 Å². The van der Waals surface area contributed by atoms with E-state index in [0.717, 1.165) is 31.6 Å². The van der Waals surface area contributed by atoms with Crippen LogP contribution in [0.1, 0.15) is 45.4 Å². The van der Waals surface area contributed by atoms with E-state index in [1.165, 1.54) is 22.8 Å². The minimum Gasteiger partial charge on any atom is -0.407 e. The molecule has 0 bridgehead atoms. The smallest absolute Gasteiger partial charge is 0.407 e. The number of aromatic nitrogens is 1. The fourth-order valence-electron chi connectivity index (χ4n) is 3.48. The molecule has 1 aliphatic rings. The van der Waals surface area contributed by atoms with Crippen LogP contribution in [0.5, 0.6) is 0 Å². The normalized spacial score (nSPS) is 20.2. The SMILES string of the molecule is CC1CCC(NC(=O)CCCn2c(=O)oc3cc([N+](=O)[O-])ccc32)CC1. The van der Waals surface area contributed by atoms with Crippen LogP contribution < -0.4 is 11.1 Å². The van der Waals surface area contributed by atoms with Crippen molar-refractivity contribution in [2.75, 3.05) is 0 Å². The highest BCUT2D eigenvalue weighted by molar-refractivity contribution is 5.77. The Morgan fingerprint density at radius 3 is 2.77 bits per heavy atom. The highest BCUT2D eigenvalue weighted by atomic mass is 16.6.